The van der Waals surface area contributed by atoms with E-state index in [1.54, 1.807) is 17.0 Å². The minimum Gasteiger partial charge on any atom is -0.320 e. The fourth-order valence-corrected chi connectivity index (χ4v) is 3.45. The van der Waals surface area contributed by atoms with Crippen LogP contribution in [-0.2, 0) is 15.6 Å². The molecule has 1 spiro atoms. The third-order valence-electron chi connectivity index (χ3n) is 4.21. The van der Waals surface area contributed by atoms with Gasteiger partial charge in [-0.2, -0.15) is 0 Å². The molecule has 4 nitrogen and oxygen atoms in total. The summed E-state index contributed by atoms with van der Waals surface area (Å²) in [6.07, 6.45) is 1.45. The van der Waals surface area contributed by atoms with Crippen LogP contribution in [0.15, 0.2) is 24.3 Å². The van der Waals surface area contributed by atoms with E-state index in [2.05, 4.69) is 5.32 Å². The Bertz CT molecular complexity index is 572. The lowest BCUT2D eigenvalue weighted by Crippen LogP contribution is -2.35. The molecule has 21 heavy (non-hydrogen) atoms. The van der Waals surface area contributed by atoms with Gasteiger partial charge in [-0.15, -0.1) is 0 Å². The van der Waals surface area contributed by atoms with Crippen LogP contribution >= 0.6 is 0 Å². The minimum atomic E-state index is -0.899. The SMILES string of the molecule is CCS(=O)CCN1C(=O)C2(CC2)NC1c1ccc(F)cc1. The number of carbonyl (C=O) groups is 1. The molecule has 2 fully saturated rings. The third kappa shape index (κ3) is 2.74. The first-order valence-electron chi connectivity index (χ1n) is 7.25. The molecule has 1 aromatic carbocycles. The summed E-state index contributed by atoms with van der Waals surface area (Å²) >= 11 is 0. The van der Waals surface area contributed by atoms with E-state index in [0.29, 0.717) is 18.1 Å². The molecule has 114 valence electrons. The molecule has 2 atom stereocenters. The maximum absolute atomic E-state index is 13.1. The van der Waals surface area contributed by atoms with Crippen LogP contribution in [0.3, 0.4) is 0 Å². The van der Waals surface area contributed by atoms with Crippen LogP contribution in [0.25, 0.3) is 0 Å². The van der Waals surface area contributed by atoms with Gasteiger partial charge in [0.2, 0.25) is 5.91 Å². The van der Waals surface area contributed by atoms with E-state index in [9.17, 15) is 13.4 Å². The van der Waals surface area contributed by atoms with Gasteiger partial charge in [-0.25, -0.2) is 4.39 Å². The molecule has 1 aliphatic heterocycles. The van der Waals surface area contributed by atoms with Gasteiger partial charge in [-0.3, -0.25) is 14.3 Å². The van der Waals surface area contributed by atoms with Gasteiger partial charge in [-0.1, -0.05) is 19.1 Å². The molecular weight excluding hydrogens is 291 g/mol. The van der Waals surface area contributed by atoms with Crippen molar-refractivity contribution in [1.29, 1.82) is 0 Å². The fraction of sp³-hybridized carbons (Fsp3) is 0.533. The van der Waals surface area contributed by atoms with Crippen molar-refractivity contribution in [3.8, 4) is 0 Å². The second kappa shape index (κ2) is 5.50. The van der Waals surface area contributed by atoms with Crippen LogP contribution in [0.1, 0.15) is 31.5 Å². The molecule has 6 heteroatoms. The van der Waals surface area contributed by atoms with Crippen LogP contribution < -0.4 is 5.32 Å². The van der Waals surface area contributed by atoms with E-state index in [1.165, 1.54) is 12.1 Å². The molecule has 3 rings (SSSR count). The number of nitrogens with one attached hydrogen (secondary N) is 1. The number of rotatable bonds is 5. The zero-order valence-corrected chi connectivity index (χ0v) is 12.8. The third-order valence-corrected chi connectivity index (χ3v) is 5.49. The summed E-state index contributed by atoms with van der Waals surface area (Å²) in [6, 6.07) is 6.21. The van der Waals surface area contributed by atoms with Gasteiger partial charge in [0.1, 0.15) is 17.5 Å². The van der Waals surface area contributed by atoms with E-state index in [-0.39, 0.29) is 17.9 Å². The predicted octanol–water partition coefficient (Wildman–Crippen LogP) is 1.56. The summed E-state index contributed by atoms with van der Waals surface area (Å²) in [7, 11) is -0.899. The topological polar surface area (TPSA) is 49.4 Å². The van der Waals surface area contributed by atoms with E-state index >= 15 is 0 Å². The summed E-state index contributed by atoms with van der Waals surface area (Å²) in [6.45, 7) is 2.34. The molecule has 0 bridgehead atoms. The van der Waals surface area contributed by atoms with Gasteiger partial charge in [0, 0.05) is 28.9 Å². The molecule has 2 unspecified atom stereocenters. The predicted molar refractivity (Wildman–Crippen MR) is 79.5 cm³/mol. The fourth-order valence-electron chi connectivity index (χ4n) is 2.76. The standard InChI is InChI=1S/C15H19FN2O2S/c1-2-21(20)10-9-18-13(11-3-5-12(16)6-4-11)17-15(7-8-15)14(18)19/h3-6,13,17H,2,7-10H2,1H3. The molecule has 1 aromatic rings. The molecule has 1 saturated heterocycles. The normalized spacial score (nSPS) is 24.6. The Balaban J connectivity index is 1.81. The summed E-state index contributed by atoms with van der Waals surface area (Å²) < 4.78 is 24.7. The molecule has 1 aliphatic carbocycles. The number of benzene rings is 1. The zero-order chi connectivity index (χ0) is 15.0. The summed E-state index contributed by atoms with van der Waals surface area (Å²) in [5.41, 5.74) is 0.447. The number of hydrogen-bond acceptors (Lipinski definition) is 3. The van der Waals surface area contributed by atoms with Gasteiger partial charge in [0.05, 0.1) is 0 Å². The highest BCUT2D eigenvalue weighted by atomic mass is 32.2. The lowest BCUT2D eigenvalue weighted by Gasteiger charge is -2.24. The Kier molecular flexibility index (Phi) is 3.84. The van der Waals surface area contributed by atoms with Crippen molar-refractivity contribution in [1.82, 2.24) is 10.2 Å². The van der Waals surface area contributed by atoms with Crippen LogP contribution in [0.2, 0.25) is 0 Å². The van der Waals surface area contributed by atoms with E-state index in [1.807, 2.05) is 6.92 Å². The molecule has 2 aliphatic rings. The Morgan fingerprint density at radius 1 is 1.38 bits per heavy atom. The number of carbonyl (C=O) groups excluding carboxylic acids is 1. The number of hydrogen-bond donors (Lipinski definition) is 1. The van der Waals surface area contributed by atoms with E-state index in [0.717, 1.165) is 18.4 Å². The van der Waals surface area contributed by atoms with Crippen LogP contribution in [-0.4, -0.2) is 38.6 Å². The molecule has 1 saturated carbocycles. The molecule has 1 heterocycles. The van der Waals surface area contributed by atoms with Gasteiger partial charge < -0.3 is 4.90 Å². The number of halogens is 1. The quantitative estimate of drug-likeness (QED) is 0.898. The Hall–Kier alpha value is -1.27. The van der Waals surface area contributed by atoms with Gasteiger partial charge in [0.25, 0.3) is 0 Å². The van der Waals surface area contributed by atoms with Crippen LogP contribution in [0.4, 0.5) is 4.39 Å². The maximum Gasteiger partial charge on any atom is 0.244 e. The maximum atomic E-state index is 13.1. The van der Waals surface area contributed by atoms with Crippen molar-refractivity contribution in [3.05, 3.63) is 35.6 Å². The summed E-state index contributed by atoms with van der Waals surface area (Å²) in [4.78, 5) is 14.3. The van der Waals surface area contributed by atoms with Crippen molar-refractivity contribution in [2.75, 3.05) is 18.1 Å². The smallest absolute Gasteiger partial charge is 0.244 e. The largest absolute Gasteiger partial charge is 0.320 e. The average molecular weight is 310 g/mol. The first-order chi connectivity index (χ1) is 10.1. The van der Waals surface area contributed by atoms with Crippen molar-refractivity contribution >= 4 is 16.7 Å². The second-order valence-electron chi connectivity index (χ2n) is 5.61. The molecule has 0 aromatic heterocycles. The van der Waals surface area contributed by atoms with Gasteiger partial charge in [0.15, 0.2) is 0 Å². The molecule has 1 N–H and O–H groups in total. The average Bonchev–Trinajstić information content (AvgIpc) is 3.21. The van der Waals surface area contributed by atoms with E-state index < -0.39 is 16.3 Å². The van der Waals surface area contributed by atoms with Crippen molar-refractivity contribution in [2.24, 2.45) is 0 Å². The highest BCUT2D eigenvalue weighted by molar-refractivity contribution is 7.84. The first-order valence-corrected chi connectivity index (χ1v) is 8.74. The molecule has 1 amide bonds. The van der Waals surface area contributed by atoms with Crippen molar-refractivity contribution < 1.29 is 13.4 Å². The Labute approximate surface area is 126 Å². The first kappa shape index (κ1) is 14.7. The van der Waals surface area contributed by atoms with Gasteiger partial charge in [-0.05, 0) is 30.5 Å². The number of nitrogens with zero attached hydrogens (tertiary/aromatic N) is 1. The highest BCUT2D eigenvalue weighted by Gasteiger charge is 2.59. The zero-order valence-electron chi connectivity index (χ0n) is 12.0. The minimum absolute atomic E-state index is 0.0879. The van der Waals surface area contributed by atoms with Crippen molar-refractivity contribution in [2.45, 2.75) is 31.5 Å². The number of amides is 1. The van der Waals surface area contributed by atoms with E-state index in [4.69, 9.17) is 0 Å². The van der Waals surface area contributed by atoms with Crippen LogP contribution in [0, 0.1) is 5.82 Å². The van der Waals surface area contributed by atoms with Gasteiger partial charge >= 0.3 is 0 Å². The monoisotopic (exact) mass is 310 g/mol. The van der Waals surface area contributed by atoms with Crippen LogP contribution in [0.5, 0.6) is 0 Å². The lowest BCUT2D eigenvalue weighted by molar-refractivity contribution is -0.130. The van der Waals surface area contributed by atoms with Crippen molar-refractivity contribution in [3.63, 3.8) is 0 Å². The Morgan fingerprint density at radius 3 is 2.62 bits per heavy atom. The lowest BCUT2D eigenvalue weighted by atomic mass is 10.1. The summed E-state index contributed by atoms with van der Waals surface area (Å²) in [5, 5.41) is 3.37. The Morgan fingerprint density at radius 2 is 2.05 bits per heavy atom. The highest BCUT2D eigenvalue weighted by Crippen LogP contribution is 2.45. The summed E-state index contributed by atoms with van der Waals surface area (Å²) in [5.74, 6) is 0.882. The second-order valence-corrected chi connectivity index (χ2v) is 7.48. The molecular formula is C15H19FN2O2S. The molecule has 0 radical (unpaired) electrons.